The Morgan fingerprint density at radius 2 is 1.67 bits per heavy atom. The van der Waals surface area contributed by atoms with Crippen molar-refractivity contribution < 1.29 is 51.8 Å². The fraction of sp³-hybridized carbons (Fsp3) is 0.612. The van der Waals surface area contributed by atoms with Crippen molar-refractivity contribution in [2.24, 2.45) is 17.3 Å². The molecule has 5 atom stereocenters. The third-order valence-electron chi connectivity index (χ3n) is 13.7. The number of nitrogens with zero attached hydrogens (tertiary/aromatic N) is 3. The van der Waals surface area contributed by atoms with Gasteiger partial charge in [0.25, 0.3) is 0 Å². The lowest BCUT2D eigenvalue weighted by atomic mass is 9.90. The minimum atomic E-state index is -4.86. The fourth-order valence-electron chi connectivity index (χ4n) is 9.37. The Hall–Kier alpha value is -5.10. The molecule has 0 spiro atoms. The van der Waals surface area contributed by atoms with Crippen molar-refractivity contribution in [1.82, 2.24) is 36.0 Å². The first-order valence-corrected chi connectivity index (χ1v) is 24.5. The molecule has 4 aliphatic rings. The fourth-order valence-corrected chi connectivity index (χ4v) is 9.76. The zero-order valence-electron chi connectivity index (χ0n) is 39.9. The monoisotopic (exact) mass is 1010 g/mol. The SMILES string of the molecule is CCCN(C(=O)[C@@H](NC(=O)[C@@H]1Cc2ccc(O)cc2CN1C(=O)C1(C(F)(F)F)CC1)C1CC1)[C@H]1CCCCNC(=O)C(C)(C)NC(=O)[C@H](Cc2cc(Cl)ccc2Cl)N(C)C(=O)[C@H](CC(C)C)NC1=O. The second-order valence-electron chi connectivity index (χ2n) is 20.0. The topological polar surface area (TPSA) is 198 Å². The molecule has 1 saturated heterocycles. The second-order valence-corrected chi connectivity index (χ2v) is 20.9. The van der Waals surface area contributed by atoms with Crippen molar-refractivity contribution in [2.45, 2.75) is 154 Å². The summed E-state index contributed by atoms with van der Waals surface area (Å²) < 4.78 is 43.2. The number of aromatic hydroxyl groups is 1. The molecule has 2 aromatic rings. The Bertz CT molecular complexity index is 2310. The van der Waals surface area contributed by atoms with Crippen LogP contribution in [-0.2, 0) is 52.9 Å². The molecule has 2 aliphatic carbocycles. The summed E-state index contributed by atoms with van der Waals surface area (Å²) in [6, 6.07) is 2.76. The van der Waals surface area contributed by atoms with Crippen molar-refractivity contribution >= 4 is 64.6 Å². The van der Waals surface area contributed by atoms with Crippen LogP contribution in [0.2, 0.25) is 10.0 Å². The molecule has 20 heteroatoms. The first-order valence-electron chi connectivity index (χ1n) is 23.8. The van der Waals surface area contributed by atoms with E-state index in [0.29, 0.717) is 53.8 Å². The number of benzene rings is 2. The number of hydrogen-bond acceptors (Lipinski definition) is 8. The molecule has 0 aromatic heterocycles. The zero-order valence-corrected chi connectivity index (χ0v) is 41.5. The van der Waals surface area contributed by atoms with Crippen LogP contribution < -0.4 is 21.3 Å². The maximum atomic E-state index is 15.1. The minimum Gasteiger partial charge on any atom is -0.508 e. The van der Waals surface area contributed by atoms with E-state index in [1.807, 2.05) is 20.8 Å². The van der Waals surface area contributed by atoms with E-state index in [1.165, 1.54) is 42.8 Å². The van der Waals surface area contributed by atoms with Gasteiger partial charge in [0.15, 0.2) is 0 Å². The highest BCUT2D eigenvalue weighted by atomic mass is 35.5. The predicted molar refractivity (Wildman–Crippen MR) is 252 cm³/mol. The highest BCUT2D eigenvalue weighted by molar-refractivity contribution is 6.33. The van der Waals surface area contributed by atoms with Crippen molar-refractivity contribution in [3.05, 3.63) is 63.1 Å². The Kier molecular flexibility index (Phi) is 16.6. The third kappa shape index (κ3) is 12.3. The average molecular weight is 1010 g/mol. The van der Waals surface area contributed by atoms with Gasteiger partial charge in [-0.3, -0.25) is 33.6 Å². The zero-order chi connectivity index (χ0) is 50.7. The van der Waals surface area contributed by atoms with E-state index in [1.54, 1.807) is 24.3 Å². The normalized spacial score (nSPS) is 23.8. The molecule has 6 rings (SSSR count). The number of fused-ring (bicyclic) bond motifs is 1. The summed E-state index contributed by atoms with van der Waals surface area (Å²) in [4.78, 5) is 104. The standard InChI is InChI=1S/C49H64Cl2F3N7O8/c1-7-20-60(44(67)39(28-11-12-28)57-41(64)38-24-29-13-15-33(62)23-31(29)26-61(38)46(69)48(17-18-48)49(52,53)54)36-10-8-9-19-55-45(68)47(4,5)58-42(65)37(25-30-22-32(50)14-16-34(30)51)59(6)43(66)35(21-27(2)3)56-40(36)63/h13-16,22-23,27-28,35-39,62H,7-12,17-21,24-26H2,1-6H3,(H,55,68)(H,56,63)(H,57,64)(H,58,65)/t35-,36-,37-,38-,39-/m0/s1. The van der Waals surface area contributed by atoms with E-state index in [0.717, 1.165) is 4.90 Å². The van der Waals surface area contributed by atoms with Gasteiger partial charge in [0.05, 0.1) is 0 Å². The van der Waals surface area contributed by atoms with E-state index < -0.39 is 102 Å². The van der Waals surface area contributed by atoms with Crippen molar-refractivity contribution in [2.75, 3.05) is 20.1 Å². The minimum absolute atomic E-state index is 0.0469. The summed E-state index contributed by atoms with van der Waals surface area (Å²) in [5.74, 6) is -5.80. The smallest absolute Gasteiger partial charge is 0.403 e. The van der Waals surface area contributed by atoms with Gasteiger partial charge in [-0.15, -0.1) is 0 Å². The van der Waals surface area contributed by atoms with E-state index in [9.17, 15) is 47.0 Å². The van der Waals surface area contributed by atoms with Crippen LogP contribution in [-0.4, -0.2) is 123 Å². The number of phenolic OH excluding ortho intramolecular Hbond substituents is 1. The van der Waals surface area contributed by atoms with E-state index >= 15 is 4.79 Å². The maximum Gasteiger partial charge on any atom is 0.403 e. The van der Waals surface area contributed by atoms with Gasteiger partial charge in [-0.1, -0.05) is 50.0 Å². The van der Waals surface area contributed by atoms with Gasteiger partial charge in [-0.05, 0) is 130 Å². The van der Waals surface area contributed by atoms with Crippen molar-refractivity contribution in [1.29, 1.82) is 0 Å². The van der Waals surface area contributed by atoms with Gasteiger partial charge >= 0.3 is 6.18 Å². The van der Waals surface area contributed by atoms with Crippen LogP contribution in [0.25, 0.3) is 0 Å². The number of rotatable bonds is 12. The second kappa shape index (κ2) is 21.5. The molecule has 2 saturated carbocycles. The average Bonchev–Trinajstić information content (AvgIpc) is 4.22. The molecular formula is C49H64Cl2F3N7O8. The van der Waals surface area contributed by atoms with Crippen LogP contribution in [0.3, 0.4) is 0 Å². The van der Waals surface area contributed by atoms with Gasteiger partial charge in [-0.25, -0.2) is 0 Å². The maximum absolute atomic E-state index is 15.1. The van der Waals surface area contributed by atoms with Gasteiger partial charge in [-0.2, -0.15) is 13.2 Å². The summed E-state index contributed by atoms with van der Waals surface area (Å²) >= 11 is 12.9. The van der Waals surface area contributed by atoms with Gasteiger partial charge in [0, 0.05) is 49.6 Å². The number of amides is 7. The van der Waals surface area contributed by atoms with E-state index in [-0.39, 0.29) is 67.9 Å². The number of nitrogens with one attached hydrogen (secondary N) is 4. The molecule has 7 amide bonds. The Morgan fingerprint density at radius 3 is 2.29 bits per heavy atom. The number of alkyl halides is 3. The Morgan fingerprint density at radius 1 is 0.971 bits per heavy atom. The van der Waals surface area contributed by atoms with Crippen molar-refractivity contribution in [3.63, 3.8) is 0 Å². The van der Waals surface area contributed by atoms with Gasteiger partial charge in [0.2, 0.25) is 41.4 Å². The lowest BCUT2D eigenvalue weighted by Gasteiger charge is -2.40. The summed E-state index contributed by atoms with van der Waals surface area (Å²) in [6.07, 6.45) is -3.65. The first-order chi connectivity index (χ1) is 32.4. The number of carbonyl (C=O) groups is 7. The number of hydrogen-bond donors (Lipinski definition) is 5. The van der Waals surface area contributed by atoms with Crippen LogP contribution in [0, 0.1) is 17.3 Å². The molecule has 378 valence electrons. The van der Waals surface area contributed by atoms with Crippen LogP contribution >= 0.6 is 23.2 Å². The molecule has 15 nitrogen and oxygen atoms in total. The molecule has 69 heavy (non-hydrogen) atoms. The van der Waals surface area contributed by atoms with Gasteiger partial charge < -0.3 is 41.1 Å². The third-order valence-corrected chi connectivity index (χ3v) is 14.3. The summed E-state index contributed by atoms with van der Waals surface area (Å²) in [6.45, 7) is 8.44. The molecule has 2 heterocycles. The highest BCUT2D eigenvalue weighted by Gasteiger charge is 2.70. The predicted octanol–water partition coefficient (Wildman–Crippen LogP) is 5.59. The Balaban J connectivity index is 1.32. The first kappa shape index (κ1) is 53.3. The summed E-state index contributed by atoms with van der Waals surface area (Å²) in [5, 5.41) is 22.2. The van der Waals surface area contributed by atoms with E-state index in [4.69, 9.17) is 23.2 Å². The molecule has 0 unspecified atom stereocenters. The molecule has 5 N–H and O–H groups in total. The van der Waals surface area contributed by atoms with E-state index in [2.05, 4.69) is 21.3 Å². The molecule has 0 radical (unpaired) electrons. The summed E-state index contributed by atoms with van der Waals surface area (Å²) in [5.41, 5.74) is -2.66. The lowest BCUT2D eigenvalue weighted by molar-refractivity contribution is -0.201. The number of likely N-dealkylation sites (N-methyl/N-ethyl adjacent to an activating group) is 1. The van der Waals surface area contributed by atoms with Gasteiger partial charge in [0.1, 0.15) is 46.9 Å². The number of carbonyl (C=O) groups excluding carboxylic acids is 7. The largest absolute Gasteiger partial charge is 0.508 e. The molecule has 2 aromatic carbocycles. The molecule has 3 fully saturated rings. The Labute approximate surface area is 410 Å². The van der Waals surface area contributed by atoms with Crippen LogP contribution in [0.1, 0.15) is 109 Å². The van der Waals surface area contributed by atoms with Crippen LogP contribution in [0.15, 0.2) is 36.4 Å². The quantitative estimate of drug-likeness (QED) is 0.181. The lowest BCUT2D eigenvalue weighted by Crippen LogP contribution is -2.63. The molecule has 2 aliphatic heterocycles. The summed E-state index contributed by atoms with van der Waals surface area (Å²) in [7, 11) is 1.42. The van der Waals surface area contributed by atoms with Crippen LogP contribution in [0.4, 0.5) is 13.2 Å². The number of phenols is 1. The highest BCUT2D eigenvalue weighted by Crippen LogP contribution is 2.59. The number of halogens is 5. The molecule has 0 bridgehead atoms. The molecular weight excluding hydrogens is 942 g/mol. The van der Waals surface area contributed by atoms with Crippen LogP contribution in [0.5, 0.6) is 5.75 Å². The van der Waals surface area contributed by atoms with Crippen molar-refractivity contribution in [3.8, 4) is 5.75 Å².